The first-order valence-corrected chi connectivity index (χ1v) is 9.63. The van der Waals surface area contributed by atoms with Gasteiger partial charge in [0, 0.05) is 27.5 Å². The Morgan fingerprint density at radius 1 is 1.00 bits per heavy atom. The topological polar surface area (TPSA) is 71.1 Å². The lowest BCUT2D eigenvalue weighted by Gasteiger charge is -2.04. The minimum Gasteiger partial charge on any atom is -0.326 e. The van der Waals surface area contributed by atoms with E-state index < -0.39 is 0 Å². The van der Waals surface area contributed by atoms with Crippen LogP contribution in [0.15, 0.2) is 64.5 Å². The van der Waals surface area contributed by atoms with Crippen molar-refractivity contribution in [1.82, 2.24) is 4.98 Å². The predicted molar refractivity (Wildman–Crippen MR) is 108 cm³/mol. The number of nitrogens with one attached hydrogen (secondary N) is 2. The molecule has 2 aromatic carbocycles. The summed E-state index contributed by atoms with van der Waals surface area (Å²) < 4.78 is 0.961. The van der Waals surface area contributed by atoms with Gasteiger partial charge in [-0.2, -0.15) is 0 Å². The Hall–Kier alpha value is -2.51. The molecular weight excluding hydrogens is 414 g/mol. The molecule has 2 N–H and O–H groups in total. The molecule has 0 spiro atoms. The maximum Gasteiger partial charge on any atom is 0.257 e. The van der Waals surface area contributed by atoms with Gasteiger partial charge < -0.3 is 5.32 Å². The first-order chi connectivity index (χ1) is 12.6. The highest BCUT2D eigenvalue weighted by atomic mass is 79.9. The molecule has 5 nitrogen and oxygen atoms in total. The van der Waals surface area contributed by atoms with Crippen LogP contribution in [0.3, 0.4) is 0 Å². The molecule has 0 aliphatic rings. The van der Waals surface area contributed by atoms with E-state index in [9.17, 15) is 9.59 Å². The summed E-state index contributed by atoms with van der Waals surface area (Å²) >= 11 is 4.71. The minimum atomic E-state index is -0.195. The lowest BCUT2D eigenvalue weighted by Crippen LogP contribution is -2.13. The van der Waals surface area contributed by atoms with Crippen LogP contribution in [0.1, 0.15) is 22.5 Å². The molecule has 0 unspecified atom stereocenters. The summed E-state index contributed by atoms with van der Waals surface area (Å²) in [4.78, 5) is 28.5. The summed E-state index contributed by atoms with van der Waals surface area (Å²) in [7, 11) is 0. The number of aryl methyl sites for hydroxylation is 1. The third kappa shape index (κ3) is 5.24. The van der Waals surface area contributed by atoms with Gasteiger partial charge in [0.15, 0.2) is 5.13 Å². The third-order valence-electron chi connectivity index (χ3n) is 3.54. The Balaban J connectivity index is 1.49. The average molecular weight is 430 g/mol. The molecule has 0 aliphatic carbocycles. The van der Waals surface area contributed by atoms with Gasteiger partial charge in [0.2, 0.25) is 5.91 Å². The van der Waals surface area contributed by atoms with Crippen LogP contribution in [0, 0.1) is 0 Å². The minimum absolute atomic E-state index is 0.0739. The van der Waals surface area contributed by atoms with Crippen molar-refractivity contribution >= 4 is 49.9 Å². The lowest BCUT2D eigenvalue weighted by atomic mass is 10.2. The maximum atomic E-state index is 12.1. The van der Waals surface area contributed by atoms with Gasteiger partial charge in [-0.05, 0) is 42.8 Å². The third-order valence-corrected chi connectivity index (χ3v) is 4.88. The van der Waals surface area contributed by atoms with Crippen molar-refractivity contribution < 1.29 is 9.59 Å². The normalized spacial score (nSPS) is 10.3. The molecule has 0 saturated heterocycles. The molecule has 132 valence electrons. The van der Waals surface area contributed by atoms with E-state index in [1.165, 1.54) is 11.3 Å². The summed E-state index contributed by atoms with van der Waals surface area (Å²) in [5.41, 5.74) is 2.12. The quantitative estimate of drug-likeness (QED) is 0.594. The van der Waals surface area contributed by atoms with E-state index in [0.29, 0.717) is 23.5 Å². The summed E-state index contributed by atoms with van der Waals surface area (Å²) in [6, 6.07) is 16.4. The Morgan fingerprint density at radius 2 is 1.73 bits per heavy atom. The van der Waals surface area contributed by atoms with Crippen molar-refractivity contribution in [2.45, 2.75) is 12.8 Å². The zero-order valence-electron chi connectivity index (χ0n) is 13.7. The zero-order valence-corrected chi connectivity index (χ0v) is 16.1. The van der Waals surface area contributed by atoms with E-state index in [4.69, 9.17) is 0 Å². The van der Waals surface area contributed by atoms with Gasteiger partial charge >= 0.3 is 0 Å². The molecule has 0 atom stereocenters. The van der Waals surface area contributed by atoms with E-state index in [1.807, 2.05) is 47.8 Å². The van der Waals surface area contributed by atoms with Crippen molar-refractivity contribution in [2.75, 3.05) is 10.6 Å². The number of carbonyl (C=O) groups excluding carboxylic acids is 2. The molecule has 0 aliphatic heterocycles. The van der Waals surface area contributed by atoms with Gasteiger partial charge in [-0.3, -0.25) is 14.9 Å². The van der Waals surface area contributed by atoms with Crippen LogP contribution in [0.2, 0.25) is 0 Å². The highest BCUT2D eigenvalue weighted by Crippen LogP contribution is 2.18. The Kier molecular flexibility index (Phi) is 6.14. The summed E-state index contributed by atoms with van der Waals surface area (Å²) in [5, 5.41) is 8.01. The van der Waals surface area contributed by atoms with Gasteiger partial charge in [-0.25, -0.2) is 4.98 Å². The number of carbonyl (C=O) groups is 2. The van der Waals surface area contributed by atoms with E-state index in [-0.39, 0.29) is 11.8 Å². The maximum absolute atomic E-state index is 12.1. The molecular formula is C19H16BrN3O2S. The number of anilines is 2. The second kappa shape index (κ2) is 8.73. The molecule has 2 amide bonds. The first-order valence-electron chi connectivity index (χ1n) is 7.96. The Bertz CT molecular complexity index is 895. The van der Waals surface area contributed by atoms with Gasteiger partial charge in [-0.1, -0.05) is 34.1 Å². The Morgan fingerprint density at radius 3 is 2.46 bits per heavy atom. The molecule has 3 aromatic rings. The monoisotopic (exact) mass is 429 g/mol. The second-order valence-electron chi connectivity index (χ2n) is 5.52. The van der Waals surface area contributed by atoms with Crippen molar-refractivity contribution in [1.29, 1.82) is 0 Å². The number of rotatable bonds is 6. The number of hydrogen-bond acceptors (Lipinski definition) is 4. The fourth-order valence-electron chi connectivity index (χ4n) is 2.24. The highest BCUT2D eigenvalue weighted by molar-refractivity contribution is 9.10. The van der Waals surface area contributed by atoms with Crippen LogP contribution in [0.4, 0.5) is 10.8 Å². The fraction of sp³-hybridized carbons (Fsp3) is 0.105. The number of thiazole rings is 1. The van der Waals surface area contributed by atoms with Crippen LogP contribution in [-0.4, -0.2) is 16.8 Å². The summed E-state index contributed by atoms with van der Waals surface area (Å²) in [5.74, 6) is -0.269. The number of benzene rings is 2. The number of nitrogens with zero attached hydrogens (tertiary/aromatic N) is 1. The van der Waals surface area contributed by atoms with Crippen molar-refractivity contribution in [3.8, 4) is 0 Å². The molecule has 0 bridgehead atoms. The smallest absolute Gasteiger partial charge is 0.257 e. The van der Waals surface area contributed by atoms with Crippen LogP contribution >= 0.6 is 27.3 Å². The van der Waals surface area contributed by atoms with Crippen molar-refractivity contribution in [3.63, 3.8) is 0 Å². The SMILES string of the molecule is O=C(CCc1csc(NC(=O)c2ccccc2)n1)Nc1ccc(Br)cc1. The van der Waals surface area contributed by atoms with Gasteiger partial charge in [0.05, 0.1) is 5.69 Å². The molecule has 1 heterocycles. The fourth-order valence-corrected chi connectivity index (χ4v) is 3.24. The molecule has 0 radical (unpaired) electrons. The Labute approximate surface area is 163 Å². The predicted octanol–water partition coefficient (Wildman–Crippen LogP) is 4.73. The van der Waals surface area contributed by atoms with Crippen LogP contribution < -0.4 is 10.6 Å². The summed E-state index contributed by atoms with van der Waals surface area (Å²) in [6.45, 7) is 0. The molecule has 26 heavy (non-hydrogen) atoms. The standard InChI is InChI=1S/C19H16BrN3O2S/c20-14-6-8-15(9-7-14)21-17(24)11-10-16-12-26-19(22-16)23-18(25)13-4-2-1-3-5-13/h1-9,12H,10-11H2,(H,21,24)(H,22,23,25). The molecule has 3 rings (SSSR count). The largest absolute Gasteiger partial charge is 0.326 e. The number of aromatic nitrogens is 1. The molecule has 0 fully saturated rings. The lowest BCUT2D eigenvalue weighted by molar-refractivity contribution is -0.116. The highest BCUT2D eigenvalue weighted by Gasteiger charge is 2.10. The average Bonchev–Trinajstić information content (AvgIpc) is 3.10. The molecule has 1 aromatic heterocycles. The van der Waals surface area contributed by atoms with Gasteiger partial charge in [0.25, 0.3) is 5.91 Å². The summed E-state index contributed by atoms with van der Waals surface area (Å²) in [6.07, 6.45) is 0.839. The van der Waals surface area contributed by atoms with E-state index in [0.717, 1.165) is 15.9 Å². The van der Waals surface area contributed by atoms with Crippen LogP contribution in [0.5, 0.6) is 0 Å². The van der Waals surface area contributed by atoms with E-state index in [2.05, 4.69) is 31.5 Å². The van der Waals surface area contributed by atoms with Gasteiger partial charge in [0.1, 0.15) is 0 Å². The van der Waals surface area contributed by atoms with Crippen LogP contribution in [0.25, 0.3) is 0 Å². The van der Waals surface area contributed by atoms with E-state index >= 15 is 0 Å². The van der Waals surface area contributed by atoms with Crippen molar-refractivity contribution in [2.24, 2.45) is 0 Å². The van der Waals surface area contributed by atoms with E-state index in [1.54, 1.807) is 12.1 Å². The van der Waals surface area contributed by atoms with Gasteiger partial charge in [-0.15, -0.1) is 11.3 Å². The number of halogens is 1. The first kappa shape index (κ1) is 18.3. The molecule has 0 saturated carbocycles. The second-order valence-corrected chi connectivity index (χ2v) is 7.29. The van der Waals surface area contributed by atoms with Crippen LogP contribution in [-0.2, 0) is 11.2 Å². The number of amides is 2. The molecule has 7 heteroatoms. The zero-order chi connectivity index (χ0) is 18.4. The van der Waals surface area contributed by atoms with Crippen molar-refractivity contribution in [3.05, 3.63) is 75.7 Å². The number of hydrogen-bond donors (Lipinski definition) is 2.